The number of aliphatic hydroxyl groups is 1. The maximum atomic E-state index is 12.9. The van der Waals surface area contributed by atoms with Crippen LogP contribution < -0.4 is 0 Å². The standard InChI is InChI=1S/C64H117O11P/c1-4-7-10-13-16-19-22-25-27-29-30-32-33-36-38-41-44-47-50-53-62(66)71-57-61(75-64(68)55-52-49-46-43-40-37-34-31-28-26-23-20-17-14-11-8-5-2)59-73-76(69,70)72-58-60(56-65)74-63(67)54-51-48-45-42-39-35-24-21-18-15-12-9-6-3/h8,11,17,20,25-28,60-61,65H,4-7,9-10,12-16,18-19,21-24,29-59H2,1-3H3,(H,69,70)/b11-8-,20-17-,27-25-,28-26-. The summed E-state index contributed by atoms with van der Waals surface area (Å²) in [5.74, 6) is -1.46. The summed E-state index contributed by atoms with van der Waals surface area (Å²) in [4.78, 5) is 48.7. The number of hydrogen-bond donors (Lipinski definition) is 2. The second-order valence-electron chi connectivity index (χ2n) is 21.2. The number of esters is 3. The van der Waals surface area contributed by atoms with Crippen molar-refractivity contribution in [1.82, 2.24) is 0 Å². The molecule has 444 valence electrons. The van der Waals surface area contributed by atoms with Gasteiger partial charge >= 0.3 is 25.7 Å². The number of allylic oxidation sites excluding steroid dienone is 8. The quantitative estimate of drug-likeness (QED) is 0.0197. The summed E-state index contributed by atoms with van der Waals surface area (Å²) >= 11 is 0. The van der Waals surface area contributed by atoms with Gasteiger partial charge in [0.05, 0.1) is 19.8 Å². The van der Waals surface area contributed by atoms with E-state index in [-0.39, 0.29) is 25.9 Å². The number of hydrogen-bond acceptors (Lipinski definition) is 10. The van der Waals surface area contributed by atoms with Crippen molar-refractivity contribution in [2.45, 2.75) is 315 Å². The van der Waals surface area contributed by atoms with Gasteiger partial charge in [-0.05, 0) is 77.0 Å². The van der Waals surface area contributed by atoms with Crippen molar-refractivity contribution < 1.29 is 52.2 Å². The van der Waals surface area contributed by atoms with E-state index < -0.39 is 57.8 Å². The van der Waals surface area contributed by atoms with Crippen LogP contribution in [0, 0.1) is 0 Å². The highest BCUT2D eigenvalue weighted by Gasteiger charge is 2.28. The molecule has 76 heavy (non-hydrogen) atoms. The van der Waals surface area contributed by atoms with Crippen LogP contribution in [0.3, 0.4) is 0 Å². The van der Waals surface area contributed by atoms with Crippen LogP contribution in [0.25, 0.3) is 0 Å². The molecule has 0 spiro atoms. The first-order chi connectivity index (χ1) is 37.2. The van der Waals surface area contributed by atoms with E-state index in [4.69, 9.17) is 23.3 Å². The Bertz CT molecular complexity index is 1460. The number of carbonyl (C=O) groups is 3. The van der Waals surface area contributed by atoms with Crippen LogP contribution in [0.2, 0.25) is 0 Å². The molecule has 3 unspecified atom stereocenters. The third-order valence-electron chi connectivity index (χ3n) is 13.7. The van der Waals surface area contributed by atoms with E-state index >= 15 is 0 Å². The van der Waals surface area contributed by atoms with Gasteiger partial charge in [0.25, 0.3) is 0 Å². The summed E-state index contributed by atoms with van der Waals surface area (Å²) in [5, 5.41) is 9.83. The van der Waals surface area contributed by atoms with E-state index in [1.807, 2.05) is 0 Å². The number of rotatable bonds is 59. The van der Waals surface area contributed by atoms with Gasteiger partial charge in [0.15, 0.2) is 6.10 Å². The van der Waals surface area contributed by atoms with Crippen LogP contribution in [-0.2, 0) is 42.2 Å². The van der Waals surface area contributed by atoms with E-state index in [2.05, 4.69) is 69.4 Å². The molecule has 0 fully saturated rings. The Kier molecular flexibility index (Phi) is 56.6. The Morgan fingerprint density at radius 3 is 1.07 bits per heavy atom. The fraction of sp³-hybridized carbons (Fsp3) is 0.828. The Labute approximate surface area is 466 Å². The van der Waals surface area contributed by atoms with Gasteiger partial charge in [-0.25, -0.2) is 4.57 Å². The molecule has 0 saturated heterocycles. The fourth-order valence-corrected chi connectivity index (χ4v) is 9.74. The van der Waals surface area contributed by atoms with E-state index in [1.165, 1.54) is 154 Å². The minimum absolute atomic E-state index is 0.158. The van der Waals surface area contributed by atoms with E-state index in [9.17, 15) is 28.9 Å². The molecular weight excluding hydrogens is 976 g/mol. The number of ether oxygens (including phenoxy) is 3. The molecule has 0 rings (SSSR count). The Morgan fingerprint density at radius 1 is 0.382 bits per heavy atom. The van der Waals surface area contributed by atoms with Gasteiger partial charge in [-0.15, -0.1) is 0 Å². The maximum absolute atomic E-state index is 12.9. The highest BCUT2D eigenvalue weighted by atomic mass is 31.2. The first kappa shape index (κ1) is 73.4. The molecule has 0 aliphatic carbocycles. The molecule has 0 heterocycles. The summed E-state index contributed by atoms with van der Waals surface area (Å²) in [6, 6.07) is 0. The summed E-state index contributed by atoms with van der Waals surface area (Å²) in [6.45, 7) is 4.57. The van der Waals surface area contributed by atoms with Crippen molar-refractivity contribution in [2.75, 3.05) is 26.4 Å². The SMILES string of the molecule is CC/C=C\C/C=C\C/C=C\CCCCCCCCCC(=O)OC(COC(=O)CCCCCCCCCCC/C=C\CCCCCCCC)COP(=O)(O)OCC(CO)OC(=O)CCCCCCCCCCCCCCC. The Morgan fingerprint density at radius 2 is 0.684 bits per heavy atom. The van der Waals surface area contributed by atoms with Gasteiger partial charge in [-0.2, -0.15) is 0 Å². The van der Waals surface area contributed by atoms with Crippen LogP contribution in [0.15, 0.2) is 48.6 Å². The van der Waals surface area contributed by atoms with Gasteiger partial charge in [0.2, 0.25) is 0 Å². The van der Waals surface area contributed by atoms with Crippen molar-refractivity contribution in [1.29, 1.82) is 0 Å². The minimum atomic E-state index is -4.75. The lowest BCUT2D eigenvalue weighted by Crippen LogP contribution is -2.30. The molecule has 0 amide bonds. The van der Waals surface area contributed by atoms with Crippen molar-refractivity contribution in [2.24, 2.45) is 0 Å². The molecule has 0 aromatic rings. The molecule has 11 nitrogen and oxygen atoms in total. The third kappa shape index (κ3) is 56.2. The second-order valence-corrected chi connectivity index (χ2v) is 22.7. The fourth-order valence-electron chi connectivity index (χ4n) is 8.96. The zero-order valence-electron chi connectivity index (χ0n) is 49.2. The topological polar surface area (TPSA) is 155 Å². The minimum Gasteiger partial charge on any atom is -0.462 e. The van der Waals surface area contributed by atoms with Crippen molar-refractivity contribution in [3.63, 3.8) is 0 Å². The molecule has 0 aromatic carbocycles. The molecular formula is C64H117O11P. The number of unbranched alkanes of at least 4 members (excludes halogenated alkanes) is 34. The first-order valence-corrected chi connectivity index (χ1v) is 33.0. The van der Waals surface area contributed by atoms with Gasteiger partial charge in [-0.1, -0.05) is 256 Å². The van der Waals surface area contributed by atoms with Crippen LogP contribution in [-0.4, -0.2) is 66.5 Å². The molecule has 3 atom stereocenters. The number of aliphatic hydroxyl groups excluding tert-OH is 1. The molecule has 0 aromatic heterocycles. The maximum Gasteiger partial charge on any atom is 0.472 e. The lowest BCUT2D eigenvalue weighted by Gasteiger charge is -2.21. The Balaban J connectivity index is 4.69. The summed E-state index contributed by atoms with van der Waals surface area (Å²) in [5.41, 5.74) is 0. The van der Waals surface area contributed by atoms with E-state index in [0.29, 0.717) is 19.3 Å². The van der Waals surface area contributed by atoms with Crippen molar-refractivity contribution in [3.8, 4) is 0 Å². The molecule has 0 aliphatic rings. The van der Waals surface area contributed by atoms with Crippen LogP contribution in [0.1, 0.15) is 303 Å². The van der Waals surface area contributed by atoms with Crippen LogP contribution in [0.4, 0.5) is 0 Å². The molecule has 0 aliphatic heterocycles. The lowest BCUT2D eigenvalue weighted by molar-refractivity contribution is -0.161. The van der Waals surface area contributed by atoms with E-state index in [1.54, 1.807) is 0 Å². The second kappa shape index (κ2) is 58.6. The third-order valence-corrected chi connectivity index (χ3v) is 14.7. The summed E-state index contributed by atoms with van der Waals surface area (Å²) in [7, 11) is -4.75. The zero-order chi connectivity index (χ0) is 55.5. The summed E-state index contributed by atoms with van der Waals surface area (Å²) < 4.78 is 39.6. The van der Waals surface area contributed by atoms with E-state index in [0.717, 1.165) is 89.9 Å². The number of carbonyl (C=O) groups excluding carboxylic acids is 3. The highest BCUT2D eigenvalue weighted by molar-refractivity contribution is 7.47. The number of phosphoric ester groups is 1. The zero-order valence-corrected chi connectivity index (χ0v) is 50.1. The van der Waals surface area contributed by atoms with Gasteiger partial charge in [0, 0.05) is 19.3 Å². The van der Waals surface area contributed by atoms with Crippen LogP contribution >= 0.6 is 7.82 Å². The molecule has 12 heteroatoms. The lowest BCUT2D eigenvalue weighted by atomic mass is 10.0. The molecule has 2 N–H and O–H groups in total. The highest BCUT2D eigenvalue weighted by Crippen LogP contribution is 2.43. The van der Waals surface area contributed by atoms with Crippen molar-refractivity contribution in [3.05, 3.63) is 48.6 Å². The predicted molar refractivity (Wildman–Crippen MR) is 316 cm³/mol. The smallest absolute Gasteiger partial charge is 0.462 e. The summed E-state index contributed by atoms with van der Waals surface area (Å²) in [6.07, 6.45) is 63.5. The van der Waals surface area contributed by atoms with Crippen molar-refractivity contribution >= 4 is 25.7 Å². The predicted octanol–water partition coefficient (Wildman–Crippen LogP) is 18.9. The average molecular weight is 1090 g/mol. The molecule has 0 bridgehead atoms. The average Bonchev–Trinajstić information content (AvgIpc) is 3.41. The van der Waals surface area contributed by atoms with Gasteiger partial charge < -0.3 is 24.2 Å². The monoisotopic (exact) mass is 1090 g/mol. The van der Waals surface area contributed by atoms with Crippen LogP contribution in [0.5, 0.6) is 0 Å². The number of phosphoric acid groups is 1. The largest absolute Gasteiger partial charge is 0.472 e. The Hall–Kier alpha value is -2.56. The normalized spacial score (nSPS) is 13.6. The molecule has 0 radical (unpaired) electrons. The van der Waals surface area contributed by atoms with Gasteiger partial charge in [-0.3, -0.25) is 23.4 Å². The first-order valence-electron chi connectivity index (χ1n) is 31.5. The van der Waals surface area contributed by atoms with Gasteiger partial charge in [0.1, 0.15) is 12.7 Å². The molecule has 0 saturated carbocycles.